The third-order valence-electron chi connectivity index (χ3n) is 4.94. The maximum atomic E-state index is 13.2. The monoisotopic (exact) mass is 462 g/mol. The number of pyridine rings is 1. The lowest BCUT2D eigenvalue weighted by molar-refractivity contribution is 0.104. The number of allylic oxidation sites excluding steroid dienone is 1. The molecule has 1 aliphatic rings. The third kappa shape index (κ3) is 4.66. The predicted molar refractivity (Wildman–Crippen MR) is 128 cm³/mol. The number of rotatable bonds is 3. The molecule has 4 rings (SSSR count). The summed E-state index contributed by atoms with van der Waals surface area (Å²) in [5, 5.41) is 0.596. The second-order valence-corrected chi connectivity index (χ2v) is 8.98. The number of aromatic nitrogens is 1. The molecule has 5 nitrogen and oxygen atoms in total. The quantitative estimate of drug-likeness (QED) is 0.321. The Morgan fingerprint density at radius 1 is 1.19 bits per heavy atom. The van der Waals surface area contributed by atoms with Crippen LogP contribution >= 0.6 is 11.6 Å². The zero-order valence-corrected chi connectivity index (χ0v) is 19.0. The van der Waals surface area contributed by atoms with Gasteiger partial charge in [0.1, 0.15) is 11.4 Å². The van der Waals surface area contributed by atoms with Gasteiger partial charge in [-0.1, -0.05) is 35.6 Å². The number of methoxy groups -OCH3 is 1. The smallest absolute Gasteiger partial charge is 0.245 e. The Bertz CT molecular complexity index is 1260. The van der Waals surface area contributed by atoms with Crippen LogP contribution in [-0.2, 0) is 17.8 Å². The number of nitrogens with zero attached hydrogens (tertiary/aromatic N) is 2. The van der Waals surface area contributed by atoms with Crippen LogP contribution in [0.5, 0.6) is 5.88 Å². The van der Waals surface area contributed by atoms with E-state index < -0.39 is 11.4 Å². The molecule has 1 unspecified atom stereocenters. The van der Waals surface area contributed by atoms with Gasteiger partial charge in [-0.15, -0.1) is 0 Å². The normalized spacial score (nSPS) is 16.4. The minimum atomic E-state index is -1.60. The molecule has 3 aromatic rings. The zero-order valence-electron chi connectivity index (χ0n) is 17.5. The first kappa shape index (κ1) is 22.0. The van der Waals surface area contributed by atoms with Crippen molar-refractivity contribution in [1.82, 2.24) is 4.98 Å². The summed E-state index contributed by atoms with van der Waals surface area (Å²) in [4.78, 5) is 17.5. The Hall–Kier alpha value is -3.24. The SMILES string of the molecule is COc1cc(CC#Cc2ccc3c(c2)C(=O)/C(=C/c2ccc(Cl)cc2)[S+]([O-])N3C)ccn1. The van der Waals surface area contributed by atoms with Gasteiger partial charge in [-0.3, -0.25) is 4.79 Å². The number of anilines is 1. The van der Waals surface area contributed by atoms with E-state index in [4.69, 9.17) is 16.3 Å². The summed E-state index contributed by atoms with van der Waals surface area (Å²) in [7, 11) is 3.28. The van der Waals surface area contributed by atoms with Crippen molar-refractivity contribution in [2.75, 3.05) is 18.5 Å². The van der Waals surface area contributed by atoms with Crippen molar-refractivity contribution in [3.05, 3.63) is 93.0 Å². The average Bonchev–Trinajstić information content (AvgIpc) is 2.81. The first-order chi connectivity index (χ1) is 15.5. The van der Waals surface area contributed by atoms with E-state index in [1.807, 2.05) is 18.2 Å². The van der Waals surface area contributed by atoms with Crippen LogP contribution in [-0.4, -0.2) is 29.5 Å². The average molecular weight is 463 g/mol. The molecule has 0 saturated carbocycles. The van der Waals surface area contributed by atoms with Crippen molar-refractivity contribution in [1.29, 1.82) is 0 Å². The molecule has 0 bridgehead atoms. The van der Waals surface area contributed by atoms with E-state index in [-0.39, 0.29) is 10.7 Å². The van der Waals surface area contributed by atoms with Crippen molar-refractivity contribution in [2.45, 2.75) is 6.42 Å². The topological polar surface area (TPSA) is 65.5 Å². The van der Waals surface area contributed by atoms with E-state index >= 15 is 0 Å². The van der Waals surface area contributed by atoms with Gasteiger partial charge in [-0.05, 0) is 47.5 Å². The van der Waals surface area contributed by atoms with Crippen molar-refractivity contribution in [3.63, 3.8) is 0 Å². The fourth-order valence-electron chi connectivity index (χ4n) is 3.27. The number of fused-ring (bicyclic) bond motifs is 1. The fraction of sp³-hybridized carbons (Fsp3) is 0.120. The summed E-state index contributed by atoms with van der Waals surface area (Å²) in [6.45, 7) is 0. The van der Waals surface area contributed by atoms with Crippen LogP contribution in [0.1, 0.15) is 27.0 Å². The summed E-state index contributed by atoms with van der Waals surface area (Å²) >= 11 is 4.34. The number of Topliss-reactive ketones (excluding diaryl/α,β-unsaturated/α-hetero) is 1. The second kappa shape index (κ2) is 9.49. The lowest BCUT2D eigenvalue weighted by Gasteiger charge is -2.29. The lowest BCUT2D eigenvalue weighted by atomic mass is 10.0. The van der Waals surface area contributed by atoms with E-state index in [0.29, 0.717) is 34.1 Å². The minimum Gasteiger partial charge on any atom is -0.588 e. The molecule has 1 aliphatic heterocycles. The molecule has 7 heteroatoms. The summed E-state index contributed by atoms with van der Waals surface area (Å²) in [6.07, 6.45) is 3.84. The first-order valence-electron chi connectivity index (χ1n) is 9.75. The van der Waals surface area contributed by atoms with E-state index in [0.717, 1.165) is 11.1 Å². The van der Waals surface area contributed by atoms with Crippen LogP contribution in [0, 0.1) is 11.8 Å². The molecule has 0 N–H and O–H groups in total. The molecule has 32 heavy (non-hydrogen) atoms. The largest absolute Gasteiger partial charge is 0.588 e. The molecule has 0 spiro atoms. The van der Waals surface area contributed by atoms with Gasteiger partial charge in [0.15, 0.2) is 0 Å². The number of halogens is 1. The molecule has 2 aromatic carbocycles. The highest BCUT2D eigenvalue weighted by Gasteiger charge is 2.38. The highest BCUT2D eigenvalue weighted by Crippen LogP contribution is 2.35. The molecule has 0 fully saturated rings. The molecular weight excluding hydrogens is 444 g/mol. The van der Waals surface area contributed by atoms with Gasteiger partial charge in [0, 0.05) is 35.3 Å². The third-order valence-corrected chi connectivity index (χ3v) is 6.57. The van der Waals surface area contributed by atoms with Gasteiger partial charge in [-0.2, -0.15) is 4.31 Å². The van der Waals surface area contributed by atoms with Gasteiger partial charge in [0.2, 0.25) is 16.6 Å². The summed E-state index contributed by atoms with van der Waals surface area (Å²) in [6, 6.07) is 16.1. The van der Waals surface area contributed by atoms with E-state index in [1.165, 1.54) is 0 Å². The Kier molecular flexibility index (Phi) is 6.52. The molecule has 1 aromatic heterocycles. The molecule has 0 amide bonds. The Morgan fingerprint density at radius 2 is 1.97 bits per heavy atom. The van der Waals surface area contributed by atoms with Crippen LogP contribution < -0.4 is 9.04 Å². The van der Waals surface area contributed by atoms with Gasteiger partial charge in [0.25, 0.3) is 0 Å². The summed E-state index contributed by atoms with van der Waals surface area (Å²) in [5.41, 5.74) is 3.55. The minimum absolute atomic E-state index is 0.219. The molecule has 2 heterocycles. The van der Waals surface area contributed by atoms with Gasteiger partial charge in [0.05, 0.1) is 25.4 Å². The molecular formula is C25H19ClN2O3S. The Balaban J connectivity index is 1.62. The van der Waals surface area contributed by atoms with Gasteiger partial charge in [-0.25, -0.2) is 4.98 Å². The highest BCUT2D eigenvalue weighted by atomic mass is 35.5. The van der Waals surface area contributed by atoms with Crippen molar-refractivity contribution in [3.8, 4) is 17.7 Å². The predicted octanol–water partition coefficient (Wildman–Crippen LogP) is 4.68. The Morgan fingerprint density at radius 3 is 2.72 bits per heavy atom. The van der Waals surface area contributed by atoms with Crippen molar-refractivity contribution >= 4 is 40.5 Å². The standard InChI is InChI=1S/C25H19ClN2O3S/c1-28-22-11-8-17(4-3-5-18-12-13-27-24(16-18)31-2)14-21(22)25(29)23(32(28)30)15-19-6-9-20(26)10-7-19/h6-16H,5H2,1-2H3/b23-15-. The Labute approximate surface area is 195 Å². The summed E-state index contributed by atoms with van der Waals surface area (Å²) in [5.74, 6) is 6.50. The van der Waals surface area contributed by atoms with Crippen molar-refractivity contribution in [2.24, 2.45) is 0 Å². The van der Waals surface area contributed by atoms with Crippen LogP contribution in [0.3, 0.4) is 0 Å². The number of ether oxygens (including phenoxy) is 1. The number of hydrogen-bond acceptors (Lipinski definition) is 5. The molecule has 0 saturated heterocycles. The highest BCUT2D eigenvalue weighted by molar-refractivity contribution is 7.97. The number of ketones is 1. The second-order valence-electron chi connectivity index (χ2n) is 7.05. The van der Waals surface area contributed by atoms with Crippen LogP contribution in [0.25, 0.3) is 6.08 Å². The molecule has 1 atom stereocenters. The van der Waals surface area contributed by atoms with Crippen LogP contribution in [0.15, 0.2) is 65.7 Å². The summed E-state index contributed by atoms with van der Waals surface area (Å²) < 4.78 is 19.6. The molecule has 0 radical (unpaired) electrons. The number of carbonyl (C=O) groups is 1. The van der Waals surface area contributed by atoms with Gasteiger partial charge < -0.3 is 9.29 Å². The lowest BCUT2D eigenvalue weighted by Crippen LogP contribution is -2.36. The van der Waals surface area contributed by atoms with E-state index in [9.17, 15) is 9.35 Å². The molecule has 0 aliphatic carbocycles. The zero-order chi connectivity index (χ0) is 22.7. The fourth-order valence-corrected chi connectivity index (χ4v) is 4.53. The number of hydrogen-bond donors (Lipinski definition) is 0. The van der Waals surface area contributed by atoms with Crippen molar-refractivity contribution < 1.29 is 14.1 Å². The van der Waals surface area contributed by atoms with Gasteiger partial charge >= 0.3 is 0 Å². The van der Waals surface area contributed by atoms with Crippen LogP contribution in [0.2, 0.25) is 5.02 Å². The maximum absolute atomic E-state index is 13.2. The van der Waals surface area contributed by atoms with E-state index in [2.05, 4.69) is 16.8 Å². The maximum Gasteiger partial charge on any atom is 0.245 e. The van der Waals surface area contributed by atoms with Crippen LogP contribution in [0.4, 0.5) is 5.69 Å². The molecule has 160 valence electrons. The number of carbonyl (C=O) groups excluding carboxylic acids is 1. The first-order valence-corrected chi connectivity index (χ1v) is 11.2. The number of benzene rings is 2. The van der Waals surface area contributed by atoms with E-state index in [1.54, 1.807) is 67.1 Å².